The summed E-state index contributed by atoms with van der Waals surface area (Å²) in [6.45, 7) is 2.78. The van der Waals surface area contributed by atoms with Crippen molar-refractivity contribution in [2.75, 3.05) is 25.3 Å². The normalized spacial score (nSPS) is 18.3. The van der Waals surface area contributed by atoms with Crippen molar-refractivity contribution < 1.29 is 9.53 Å². The molecule has 4 nitrogen and oxygen atoms in total. The van der Waals surface area contributed by atoms with E-state index in [0.717, 1.165) is 18.0 Å². The molecule has 1 unspecified atom stereocenters. The molecular weight excluding hydrogens is 268 g/mol. The Balaban J connectivity index is 1.66. The number of carbonyl (C=O) groups excluding carboxylic acids is 1. The van der Waals surface area contributed by atoms with Crippen LogP contribution >= 0.6 is 11.3 Å². The van der Waals surface area contributed by atoms with Gasteiger partial charge in [0.25, 0.3) is 0 Å². The number of ether oxygens (including phenoxy) is 1. The molecule has 0 spiro atoms. The van der Waals surface area contributed by atoms with E-state index < -0.39 is 0 Å². The highest BCUT2D eigenvalue weighted by molar-refractivity contribution is 7.99. The number of aryl methyl sites for hydroxylation is 1. The zero-order chi connectivity index (χ0) is 13.0. The van der Waals surface area contributed by atoms with E-state index in [1.165, 1.54) is 4.88 Å². The molecule has 0 amide bonds. The van der Waals surface area contributed by atoms with Gasteiger partial charge in [0.05, 0.1) is 24.0 Å². The summed E-state index contributed by atoms with van der Waals surface area (Å²) < 4.78 is 5.23. The molecule has 98 valence electrons. The van der Waals surface area contributed by atoms with E-state index >= 15 is 0 Å². The lowest BCUT2D eigenvalue weighted by atomic mass is 10.3. The SMILES string of the molecule is Cc1ncsc1CCOC(=O)CN1C=C[S+](C)C1. The number of aromatic nitrogens is 1. The van der Waals surface area contributed by atoms with Gasteiger partial charge >= 0.3 is 5.97 Å². The molecule has 1 aromatic heterocycles. The van der Waals surface area contributed by atoms with Crippen molar-refractivity contribution in [1.29, 1.82) is 0 Å². The maximum Gasteiger partial charge on any atom is 0.325 e. The molecule has 0 radical (unpaired) electrons. The Morgan fingerprint density at radius 2 is 2.50 bits per heavy atom. The molecule has 0 saturated heterocycles. The summed E-state index contributed by atoms with van der Waals surface area (Å²) >= 11 is 1.61. The van der Waals surface area contributed by atoms with Crippen molar-refractivity contribution in [2.45, 2.75) is 13.3 Å². The molecule has 0 aliphatic carbocycles. The number of carbonyl (C=O) groups is 1. The molecule has 0 bridgehead atoms. The van der Waals surface area contributed by atoms with Crippen LogP contribution in [0.25, 0.3) is 0 Å². The lowest BCUT2D eigenvalue weighted by Crippen LogP contribution is -2.27. The molecule has 2 rings (SSSR count). The second-order valence-corrected chi connectivity index (χ2v) is 7.04. The Labute approximate surface area is 114 Å². The zero-order valence-electron chi connectivity index (χ0n) is 10.6. The van der Waals surface area contributed by atoms with Crippen molar-refractivity contribution in [3.8, 4) is 0 Å². The average molecular weight is 285 g/mol. The van der Waals surface area contributed by atoms with Crippen LogP contribution in [0, 0.1) is 6.92 Å². The summed E-state index contributed by atoms with van der Waals surface area (Å²) in [6.07, 6.45) is 4.91. The largest absolute Gasteiger partial charge is 0.464 e. The summed E-state index contributed by atoms with van der Waals surface area (Å²) in [5, 5.41) is 2.13. The number of rotatable bonds is 5. The van der Waals surface area contributed by atoms with Crippen LogP contribution in [0.15, 0.2) is 17.1 Å². The third-order valence-electron chi connectivity index (χ3n) is 2.64. The first-order chi connectivity index (χ1) is 8.65. The Morgan fingerprint density at radius 3 is 3.11 bits per heavy atom. The van der Waals surface area contributed by atoms with Crippen LogP contribution in [0.5, 0.6) is 0 Å². The molecular formula is C12H17N2O2S2+. The van der Waals surface area contributed by atoms with Crippen LogP contribution in [-0.4, -0.2) is 41.1 Å². The maximum absolute atomic E-state index is 11.6. The van der Waals surface area contributed by atoms with Gasteiger partial charge in [0, 0.05) is 22.2 Å². The lowest BCUT2D eigenvalue weighted by Gasteiger charge is -2.11. The second-order valence-electron chi connectivity index (χ2n) is 4.18. The number of hydrogen-bond acceptors (Lipinski definition) is 5. The van der Waals surface area contributed by atoms with Crippen molar-refractivity contribution >= 4 is 28.2 Å². The van der Waals surface area contributed by atoms with Gasteiger partial charge in [-0.25, -0.2) is 4.98 Å². The highest BCUT2D eigenvalue weighted by Crippen LogP contribution is 2.13. The van der Waals surface area contributed by atoms with Crippen molar-refractivity contribution in [2.24, 2.45) is 0 Å². The average Bonchev–Trinajstić information content (AvgIpc) is 2.89. The number of nitrogens with zero attached hydrogens (tertiary/aromatic N) is 2. The van der Waals surface area contributed by atoms with Crippen LogP contribution in [-0.2, 0) is 26.8 Å². The quantitative estimate of drug-likeness (QED) is 0.608. The predicted octanol–water partition coefficient (Wildman–Crippen LogP) is 1.53. The van der Waals surface area contributed by atoms with Crippen molar-refractivity contribution in [1.82, 2.24) is 9.88 Å². The van der Waals surface area contributed by atoms with Crippen LogP contribution in [0.3, 0.4) is 0 Å². The Kier molecular flexibility index (Phi) is 4.66. The van der Waals surface area contributed by atoms with E-state index in [-0.39, 0.29) is 16.9 Å². The molecule has 0 saturated carbocycles. The molecule has 0 N–H and O–H groups in total. The molecule has 0 aromatic carbocycles. The molecule has 1 atom stereocenters. The number of esters is 1. The van der Waals surface area contributed by atoms with Gasteiger partial charge in [0.15, 0.2) is 5.88 Å². The van der Waals surface area contributed by atoms with E-state index in [1.807, 2.05) is 23.5 Å². The smallest absolute Gasteiger partial charge is 0.325 e. The fourth-order valence-electron chi connectivity index (χ4n) is 1.67. The van der Waals surface area contributed by atoms with E-state index in [0.29, 0.717) is 13.2 Å². The zero-order valence-corrected chi connectivity index (χ0v) is 12.2. The second kappa shape index (κ2) is 6.24. The van der Waals surface area contributed by atoms with Crippen molar-refractivity contribution in [3.63, 3.8) is 0 Å². The Morgan fingerprint density at radius 1 is 1.67 bits per heavy atom. The minimum Gasteiger partial charge on any atom is -0.464 e. The summed E-state index contributed by atoms with van der Waals surface area (Å²) in [7, 11) is 0.279. The molecule has 1 aliphatic rings. The van der Waals surface area contributed by atoms with E-state index in [4.69, 9.17) is 4.74 Å². The predicted molar refractivity (Wildman–Crippen MR) is 75.5 cm³/mol. The van der Waals surface area contributed by atoms with Crippen LogP contribution in [0.4, 0.5) is 0 Å². The first kappa shape index (κ1) is 13.4. The Bertz CT molecular complexity index is 445. The highest BCUT2D eigenvalue weighted by atomic mass is 32.2. The van der Waals surface area contributed by atoms with Crippen LogP contribution in [0.2, 0.25) is 0 Å². The fourth-order valence-corrected chi connectivity index (χ4v) is 3.60. The Hall–Kier alpha value is -1.01. The topological polar surface area (TPSA) is 42.4 Å². The molecule has 2 heterocycles. The van der Waals surface area contributed by atoms with E-state index in [1.54, 1.807) is 11.3 Å². The highest BCUT2D eigenvalue weighted by Gasteiger charge is 2.21. The molecule has 1 aliphatic heterocycles. The van der Waals surface area contributed by atoms with Crippen molar-refractivity contribution in [3.05, 3.63) is 27.7 Å². The standard InChI is InChI=1S/C12H17N2O2S2/c1-10-11(17-8-13-10)3-5-16-12(15)7-14-4-6-18(2)9-14/h4,6,8H,3,5,7,9H2,1-2H3/q+1. The van der Waals surface area contributed by atoms with Gasteiger partial charge in [0.1, 0.15) is 18.2 Å². The molecule has 1 aromatic rings. The lowest BCUT2D eigenvalue weighted by molar-refractivity contribution is -0.143. The van der Waals surface area contributed by atoms with Gasteiger partial charge in [-0.3, -0.25) is 4.79 Å². The van der Waals surface area contributed by atoms with Gasteiger partial charge in [-0.15, -0.1) is 11.3 Å². The minimum atomic E-state index is -0.152. The minimum absolute atomic E-state index is 0.152. The van der Waals surface area contributed by atoms with Crippen LogP contribution < -0.4 is 0 Å². The third-order valence-corrected chi connectivity index (χ3v) is 4.96. The first-order valence-corrected chi connectivity index (χ1v) is 8.48. The fraction of sp³-hybridized carbons (Fsp3) is 0.500. The molecule has 6 heteroatoms. The summed E-state index contributed by atoms with van der Waals surface area (Å²) in [5.41, 5.74) is 2.86. The number of hydrogen-bond donors (Lipinski definition) is 0. The van der Waals surface area contributed by atoms with E-state index in [9.17, 15) is 4.79 Å². The van der Waals surface area contributed by atoms with E-state index in [2.05, 4.69) is 16.6 Å². The third kappa shape index (κ3) is 3.74. The maximum atomic E-state index is 11.6. The first-order valence-electron chi connectivity index (χ1n) is 5.73. The monoisotopic (exact) mass is 285 g/mol. The molecule has 0 fully saturated rings. The van der Waals surface area contributed by atoms with Crippen LogP contribution in [0.1, 0.15) is 10.6 Å². The molecule has 18 heavy (non-hydrogen) atoms. The summed E-state index contributed by atoms with van der Waals surface area (Å²) in [5.74, 6) is 0.781. The summed E-state index contributed by atoms with van der Waals surface area (Å²) in [4.78, 5) is 19.0. The van der Waals surface area contributed by atoms with Gasteiger partial charge in [0.2, 0.25) is 0 Å². The van der Waals surface area contributed by atoms with Gasteiger partial charge < -0.3 is 9.64 Å². The van der Waals surface area contributed by atoms with Gasteiger partial charge in [-0.1, -0.05) is 0 Å². The number of thiazole rings is 1. The van der Waals surface area contributed by atoms with Gasteiger partial charge in [-0.05, 0) is 6.92 Å². The van der Waals surface area contributed by atoms with Gasteiger partial charge in [-0.2, -0.15) is 0 Å². The summed E-state index contributed by atoms with van der Waals surface area (Å²) in [6, 6.07) is 0.